The minimum Gasteiger partial charge on any atom is -0.465 e. The Morgan fingerprint density at radius 1 is 1.59 bits per heavy atom. The third kappa shape index (κ3) is 2.26. The molecular formula is C10H6N2O5. The Kier molecular flexibility index (Phi) is 3.51. The molecule has 0 radical (unpaired) electrons. The van der Waals surface area contributed by atoms with Crippen molar-refractivity contribution in [3.63, 3.8) is 0 Å². The molecule has 0 fully saturated rings. The molecule has 7 heteroatoms. The smallest absolute Gasteiger partial charge is 0.344 e. The van der Waals surface area contributed by atoms with Gasteiger partial charge in [0.25, 0.3) is 5.69 Å². The van der Waals surface area contributed by atoms with Gasteiger partial charge in [-0.05, 0) is 6.07 Å². The number of nitro groups is 1. The number of rotatable bonds is 3. The molecule has 0 saturated heterocycles. The summed E-state index contributed by atoms with van der Waals surface area (Å²) in [5, 5.41) is 19.4. The van der Waals surface area contributed by atoms with Gasteiger partial charge in [-0.25, -0.2) is 4.79 Å². The summed E-state index contributed by atoms with van der Waals surface area (Å²) in [7, 11) is 1.06. The van der Waals surface area contributed by atoms with Crippen LogP contribution in [0.2, 0.25) is 0 Å². The number of ether oxygens (including phenoxy) is 1. The van der Waals surface area contributed by atoms with Gasteiger partial charge in [0.2, 0.25) is 0 Å². The van der Waals surface area contributed by atoms with Crippen LogP contribution in [-0.4, -0.2) is 24.3 Å². The predicted molar refractivity (Wildman–Crippen MR) is 54.5 cm³/mol. The van der Waals surface area contributed by atoms with Gasteiger partial charge in [0.05, 0.1) is 17.6 Å². The van der Waals surface area contributed by atoms with Crippen molar-refractivity contribution in [2.24, 2.45) is 0 Å². The van der Waals surface area contributed by atoms with Crippen molar-refractivity contribution in [2.75, 3.05) is 7.11 Å². The number of carbonyl (C=O) groups excluding carboxylic acids is 2. The van der Waals surface area contributed by atoms with Crippen molar-refractivity contribution < 1.29 is 19.2 Å². The second-order valence-electron chi connectivity index (χ2n) is 2.93. The van der Waals surface area contributed by atoms with Crippen LogP contribution in [0.15, 0.2) is 12.1 Å². The highest BCUT2D eigenvalue weighted by Crippen LogP contribution is 2.23. The summed E-state index contributed by atoms with van der Waals surface area (Å²) in [6.45, 7) is 0. The number of nitrogens with zero attached hydrogens (tertiary/aromatic N) is 2. The fourth-order valence-electron chi connectivity index (χ4n) is 1.22. The van der Waals surface area contributed by atoms with E-state index in [2.05, 4.69) is 4.74 Å². The van der Waals surface area contributed by atoms with E-state index in [4.69, 9.17) is 5.26 Å². The molecule has 0 aliphatic carbocycles. The highest BCUT2D eigenvalue weighted by atomic mass is 16.6. The van der Waals surface area contributed by atoms with Crippen LogP contribution < -0.4 is 0 Å². The van der Waals surface area contributed by atoms with E-state index in [1.54, 1.807) is 6.07 Å². The molecule has 0 spiro atoms. The number of nitriles is 1. The fraction of sp³-hybridized carbons (Fsp3) is 0.100. The molecule has 1 aromatic carbocycles. The van der Waals surface area contributed by atoms with Crippen LogP contribution in [0, 0.1) is 21.4 Å². The molecule has 0 unspecified atom stereocenters. The van der Waals surface area contributed by atoms with E-state index < -0.39 is 16.6 Å². The predicted octanol–water partition coefficient (Wildman–Crippen LogP) is 1.07. The minimum atomic E-state index is -0.940. The van der Waals surface area contributed by atoms with E-state index in [0.717, 1.165) is 19.2 Å². The summed E-state index contributed by atoms with van der Waals surface area (Å²) < 4.78 is 4.36. The van der Waals surface area contributed by atoms with Crippen molar-refractivity contribution in [1.82, 2.24) is 0 Å². The van der Waals surface area contributed by atoms with Gasteiger partial charge in [-0.1, -0.05) is 0 Å². The summed E-state index contributed by atoms with van der Waals surface area (Å²) in [4.78, 5) is 31.8. The first-order chi connectivity index (χ1) is 8.04. The Morgan fingerprint density at radius 2 is 2.24 bits per heavy atom. The summed E-state index contributed by atoms with van der Waals surface area (Å²) >= 11 is 0. The molecule has 0 saturated carbocycles. The van der Waals surface area contributed by atoms with Gasteiger partial charge >= 0.3 is 5.97 Å². The molecule has 0 atom stereocenters. The van der Waals surface area contributed by atoms with E-state index in [-0.39, 0.29) is 16.7 Å². The molecule has 0 aromatic heterocycles. The highest BCUT2D eigenvalue weighted by molar-refractivity contribution is 5.96. The fourth-order valence-corrected chi connectivity index (χ4v) is 1.22. The van der Waals surface area contributed by atoms with Gasteiger partial charge in [0, 0.05) is 11.6 Å². The van der Waals surface area contributed by atoms with Crippen molar-refractivity contribution in [3.8, 4) is 6.07 Å². The summed E-state index contributed by atoms with van der Waals surface area (Å²) in [6, 6.07) is 3.48. The zero-order valence-corrected chi connectivity index (χ0v) is 8.67. The van der Waals surface area contributed by atoms with Crippen molar-refractivity contribution >= 4 is 17.9 Å². The Labute approximate surface area is 95.4 Å². The molecule has 0 aliphatic rings. The summed E-state index contributed by atoms with van der Waals surface area (Å²) in [5.41, 5.74) is -1.20. The molecule has 0 heterocycles. The highest BCUT2D eigenvalue weighted by Gasteiger charge is 2.23. The van der Waals surface area contributed by atoms with Gasteiger partial charge in [-0.2, -0.15) is 5.26 Å². The number of hydrogen-bond donors (Lipinski definition) is 0. The molecule has 0 bridgehead atoms. The number of carbonyl (C=O) groups is 2. The maximum atomic E-state index is 11.3. The summed E-state index contributed by atoms with van der Waals surface area (Å²) in [5.74, 6) is -0.940. The van der Waals surface area contributed by atoms with Gasteiger partial charge in [-0.3, -0.25) is 14.9 Å². The number of aldehydes is 1. The van der Waals surface area contributed by atoms with E-state index in [1.165, 1.54) is 0 Å². The molecule has 1 aromatic rings. The van der Waals surface area contributed by atoms with Crippen LogP contribution in [0.5, 0.6) is 0 Å². The second-order valence-corrected chi connectivity index (χ2v) is 2.93. The Balaban J connectivity index is 3.58. The zero-order valence-electron chi connectivity index (χ0n) is 8.67. The maximum Gasteiger partial charge on any atom is 0.344 e. The van der Waals surface area contributed by atoms with Crippen LogP contribution in [0.25, 0.3) is 0 Å². The standard InChI is InChI=1S/C10H6N2O5/c1-17-10(14)8-2-7(5-13)6(4-11)3-9(8)12(15)16/h2-3,5H,1H3. The number of benzene rings is 1. The molecule has 0 N–H and O–H groups in total. The van der Waals surface area contributed by atoms with E-state index in [1.807, 2.05) is 0 Å². The first kappa shape index (κ1) is 12.3. The van der Waals surface area contributed by atoms with Crippen LogP contribution in [0.4, 0.5) is 5.69 Å². The average molecular weight is 234 g/mol. The number of nitro benzene ring substituents is 1. The van der Waals surface area contributed by atoms with E-state index in [0.29, 0.717) is 6.29 Å². The second kappa shape index (κ2) is 4.85. The number of methoxy groups -OCH3 is 1. The zero-order chi connectivity index (χ0) is 13.0. The molecule has 1 rings (SSSR count). The minimum absolute atomic E-state index is 0.0986. The number of esters is 1. The van der Waals surface area contributed by atoms with Gasteiger partial charge in [0.1, 0.15) is 11.6 Å². The van der Waals surface area contributed by atoms with Crippen LogP contribution >= 0.6 is 0 Å². The Morgan fingerprint density at radius 3 is 2.65 bits per heavy atom. The van der Waals surface area contributed by atoms with E-state index in [9.17, 15) is 19.7 Å². The molecule has 7 nitrogen and oxygen atoms in total. The van der Waals surface area contributed by atoms with Crippen LogP contribution in [0.1, 0.15) is 26.3 Å². The Bertz CT molecular complexity index is 544. The van der Waals surface area contributed by atoms with Gasteiger partial charge in [-0.15, -0.1) is 0 Å². The number of hydrogen-bond acceptors (Lipinski definition) is 6. The van der Waals surface area contributed by atoms with Crippen molar-refractivity contribution in [2.45, 2.75) is 0 Å². The molecule has 0 amide bonds. The first-order valence-electron chi connectivity index (χ1n) is 4.31. The monoisotopic (exact) mass is 234 g/mol. The lowest BCUT2D eigenvalue weighted by Gasteiger charge is -2.03. The van der Waals surface area contributed by atoms with E-state index >= 15 is 0 Å². The maximum absolute atomic E-state index is 11.3. The van der Waals surface area contributed by atoms with Crippen molar-refractivity contribution in [1.29, 1.82) is 5.26 Å². The third-order valence-corrected chi connectivity index (χ3v) is 2.02. The summed E-state index contributed by atoms with van der Waals surface area (Å²) in [6.07, 6.45) is 0.342. The molecule has 86 valence electrons. The molecule has 0 aliphatic heterocycles. The lowest BCUT2D eigenvalue weighted by Crippen LogP contribution is -2.07. The lowest BCUT2D eigenvalue weighted by molar-refractivity contribution is -0.385. The average Bonchev–Trinajstić information content (AvgIpc) is 2.35. The lowest BCUT2D eigenvalue weighted by atomic mass is 10.0. The normalized spacial score (nSPS) is 9.18. The van der Waals surface area contributed by atoms with Gasteiger partial charge < -0.3 is 4.74 Å². The SMILES string of the molecule is COC(=O)c1cc(C=O)c(C#N)cc1[N+](=O)[O-]. The third-order valence-electron chi connectivity index (χ3n) is 2.02. The quantitative estimate of drug-likeness (QED) is 0.334. The molecule has 17 heavy (non-hydrogen) atoms. The van der Waals surface area contributed by atoms with Gasteiger partial charge in [0.15, 0.2) is 6.29 Å². The van der Waals surface area contributed by atoms with Crippen molar-refractivity contribution in [3.05, 3.63) is 38.9 Å². The van der Waals surface area contributed by atoms with Crippen LogP contribution in [0.3, 0.4) is 0 Å². The first-order valence-corrected chi connectivity index (χ1v) is 4.31. The Hall–Kier alpha value is -2.75. The van der Waals surface area contributed by atoms with Crippen LogP contribution in [-0.2, 0) is 4.74 Å². The topological polar surface area (TPSA) is 110 Å². The largest absolute Gasteiger partial charge is 0.465 e. The molecular weight excluding hydrogens is 228 g/mol.